The van der Waals surface area contributed by atoms with Gasteiger partial charge in [0.25, 0.3) is 0 Å². The predicted octanol–water partition coefficient (Wildman–Crippen LogP) is 4.10. The fourth-order valence-electron chi connectivity index (χ4n) is 8.55. The molecule has 1 aromatic carbocycles. The van der Waals surface area contributed by atoms with Crippen LogP contribution in [0.15, 0.2) is 46.0 Å². The average Bonchev–Trinajstić information content (AvgIpc) is 3.81. The third-order valence-corrected chi connectivity index (χ3v) is 11.4. The summed E-state index contributed by atoms with van der Waals surface area (Å²) in [5.74, 6) is -1.06. The topological polar surface area (TPSA) is 128 Å². The minimum Gasteiger partial charge on any atom is -0.481 e. The molecule has 1 aromatic heterocycles. The van der Waals surface area contributed by atoms with Crippen LogP contribution >= 0.6 is 11.3 Å². The number of aryl methyl sites for hydroxylation is 1. The molecule has 2 unspecified atom stereocenters. The number of thiazole rings is 1. The molecule has 2 saturated heterocycles. The number of esters is 1. The molecule has 5 aliphatic rings. The average molecular weight is 651 g/mol. The van der Waals surface area contributed by atoms with Gasteiger partial charge in [-0.25, -0.2) is 19.0 Å². The number of ether oxygens (including phenoxy) is 1. The number of fused-ring (bicyclic) bond motifs is 3. The summed E-state index contributed by atoms with van der Waals surface area (Å²) in [6.07, 6.45) is 6.08. The van der Waals surface area contributed by atoms with E-state index in [0.717, 1.165) is 32.1 Å². The Morgan fingerprint density at radius 3 is 2.70 bits per heavy atom. The first kappa shape index (κ1) is 30.8. The van der Waals surface area contributed by atoms with Gasteiger partial charge in [0, 0.05) is 55.5 Å². The van der Waals surface area contributed by atoms with Crippen molar-refractivity contribution in [3.05, 3.63) is 63.0 Å². The predicted molar refractivity (Wildman–Crippen MR) is 169 cm³/mol. The number of amidine groups is 1. The summed E-state index contributed by atoms with van der Waals surface area (Å²) in [6.45, 7) is 6.59. The number of halogens is 1. The second kappa shape index (κ2) is 11.8. The third kappa shape index (κ3) is 5.36. The van der Waals surface area contributed by atoms with E-state index in [9.17, 15) is 23.9 Å². The number of piperazine rings is 1. The van der Waals surface area contributed by atoms with Crippen molar-refractivity contribution in [2.45, 2.75) is 70.0 Å². The fraction of sp³-hybridized carbons (Fsp3) is 0.545. The number of nitrogens with one attached hydrogen (secondary N) is 1. The van der Waals surface area contributed by atoms with E-state index in [0.29, 0.717) is 66.0 Å². The molecule has 13 heteroatoms. The molecule has 2 N–H and O–H groups in total. The summed E-state index contributed by atoms with van der Waals surface area (Å²) >= 11 is 1.44. The van der Waals surface area contributed by atoms with Crippen LogP contribution in [0.5, 0.6) is 0 Å². The lowest BCUT2D eigenvalue weighted by molar-refractivity contribution is -0.140. The number of amides is 2. The number of nitrogens with zero attached hydrogens (tertiary/aromatic N) is 5. The highest BCUT2D eigenvalue weighted by Gasteiger charge is 2.61. The number of benzene rings is 1. The third-order valence-electron chi connectivity index (χ3n) is 10.6. The van der Waals surface area contributed by atoms with Crippen LogP contribution in [0.1, 0.15) is 67.6 Å². The van der Waals surface area contributed by atoms with Gasteiger partial charge in [-0.15, -0.1) is 11.3 Å². The summed E-state index contributed by atoms with van der Waals surface area (Å²) in [4.78, 5) is 54.6. The molecule has 4 heterocycles. The van der Waals surface area contributed by atoms with Gasteiger partial charge in [0.05, 0.1) is 24.6 Å². The van der Waals surface area contributed by atoms with Crippen LogP contribution in [0.25, 0.3) is 0 Å². The SMILES string of the molecule is CCOC(=O)C1=C(CN2CCN3C(=O)N(C45CCC(CC(=O)O)(CC4)C5)CC3C2)NC(c2nccs2)=NC1c1ccc(F)cc1C. The Bertz CT molecular complexity index is 1620. The molecule has 46 heavy (non-hydrogen) atoms. The van der Waals surface area contributed by atoms with Gasteiger partial charge in [-0.2, -0.15) is 0 Å². The standard InChI is InChI=1S/C33H39FN6O5S/c1-3-45-30(43)26-24(36-28(29-35-10-13-46-29)37-27(26)23-5-4-21(34)14-20(23)2)18-38-11-12-39-22(16-38)17-40(31(39)44)33-8-6-32(19-33,7-9-33)15-25(41)42/h4-5,10,13-14,22,27H,3,6-9,11-12,15-19H2,1-2H3,(H,36,37)(H,41,42). The number of carboxylic acid groups (broad SMARTS) is 1. The molecule has 0 radical (unpaired) electrons. The fourth-order valence-corrected chi connectivity index (χ4v) is 9.14. The Kier molecular flexibility index (Phi) is 7.87. The molecular weight excluding hydrogens is 611 g/mol. The molecule has 2 saturated carbocycles. The van der Waals surface area contributed by atoms with Crippen molar-refractivity contribution < 1.29 is 28.6 Å². The molecule has 0 spiro atoms. The molecular formula is C33H39FN6O5S. The molecule has 4 fully saturated rings. The van der Waals surface area contributed by atoms with Crippen LogP contribution in [0.2, 0.25) is 0 Å². The van der Waals surface area contributed by atoms with Crippen molar-refractivity contribution in [2.24, 2.45) is 10.4 Å². The van der Waals surface area contributed by atoms with E-state index in [4.69, 9.17) is 9.73 Å². The van der Waals surface area contributed by atoms with Crippen LogP contribution < -0.4 is 5.32 Å². The number of hydrogen-bond acceptors (Lipinski definition) is 9. The molecule has 2 bridgehead atoms. The summed E-state index contributed by atoms with van der Waals surface area (Å²) in [7, 11) is 0. The number of carbonyl (C=O) groups is 3. The highest BCUT2D eigenvalue weighted by atomic mass is 32.1. The van der Waals surface area contributed by atoms with Crippen LogP contribution in [0, 0.1) is 18.2 Å². The highest BCUT2D eigenvalue weighted by Crippen LogP contribution is 2.61. The Morgan fingerprint density at radius 1 is 1.20 bits per heavy atom. The zero-order chi connectivity index (χ0) is 32.2. The van der Waals surface area contributed by atoms with Crippen molar-refractivity contribution in [3.8, 4) is 0 Å². The summed E-state index contributed by atoms with van der Waals surface area (Å²) in [5.41, 5.74) is 1.99. The molecule has 11 nitrogen and oxygen atoms in total. The van der Waals surface area contributed by atoms with E-state index in [1.165, 1.54) is 23.5 Å². The second-order valence-corrected chi connectivity index (χ2v) is 14.3. The Morgan fingerprint density at radius 2 is 2.00 bits per heavy atom. The van der Waals surface area contributed by atoms with Crippen molar-refractivity contribution in [1.29, 1.82) is 0 Å². The maximum atomic E-state index is 14.1. The van der Waals surface area contributed by atoms with Crippen molar-refractivity contribution >= 4 is 35.1 Å². The number of carbonyl (C=O) groups excluding carboxylic acids is 2. The van der Waals surface area contributed by atoms with Gasteiger partial charge in [0.15, 0.2) is 10.8 Å². The second-order valence-electron chi connectivity index (χ2n) is 13.4. The normalized spacial score (nSPS) is 29.2. The molecule has 2 aliphatic carbocycles. The van der Waals surface area contributed by atoms with Crippen LogP contribution in [-0.4, -0.2) is 99.5 Å². The Labute approximate surface area is 271 Å². The first-order valence-electron chi connectivity index (χ1n) is 16.0. The van der Waals surface area contributed by atoms with Gasteiger partial charge in [0.1, 0.15) is 11.9 Å². The number of carboxylic acids is 1. The van der Waals surface area contributed by atoms with Crippen LogP contribution in [0.3, 0.4) is 0 Å². The van der Waals surface area contributed by atoms with E-state index in [-0.39, 0.29) is 41.9 Å². The minimum atomic E-state index is -0.758. The van der Waals surface area contributed by atoms with E-state index in [2.05, 4.69) is 20.1 Å². The number of rotatable bonds is 9. The Balaban J connectivity index is 1.15. The highest BCUT2D eigenvalue weighted by molar-refractivity contribution is 7.11. The first-order chi connectivity index (χ1) is 22.1. The zero-order valence-electron chi connectivity index (χ0n) is 26.1. The lowest BCUT2D eigenvalue weighted by Crippen LogP contribution is -2.53. The molecule has 244 valence electrons. The number of aromatic nitrogens is 1. The van der Waals surface area contributed by atoms with Crippen LogP contribution in [0.4, 0.5) is 9.18 Å². The van der Waals surface area contributed by atoms with Gasteiger partial charge >= 0.3 is 18.0 Å². The molecule has 2 aromatic rings. The minimum absolute atomic E-state index is 0.0110. The van der Waals surface area contributed by atoms with Crippen molar-refractivity contribution in [1.82, 2.24) is 25.0 Å². The van der Waals surface area contributed by atoms with E-state index < -0.39 is 18.0 Å². The van der Waals surface area contributed by atoms with E-state index in [1.54, 1.807) is 19.2 Å². The quantitative estimate of drug-likeness (QED) is 0.389. The van der Waals surface area contributed by atoms with Gasteiger partial charge in [-0.1, -0.05) is 6.07 Å². The largest absolute Gasteiger partial charge is 0.481 e. The number of aliphatic imine (C=N–C) groups is 1. The molecule has 2 atom stereocenters. The summed E-state index contributed by atoms with van der Waals surface area (Å²) < 4.78 is 19.7. The number of hydrogen-bond donors (Lipinski definition) is 2. The van der Waals surface area contributed by atoms with Crippen molar-refractivity contribution in [3.63, 3.8) is 0 Å². The maximum Gasteiger partial charge on any atom is 0.338 e. The van der Waals surface area contributed by atoms with Gasteiger partial charge in [-0.3, -0.25) is 14.7 Å². The van der Waals surface area contributed by atoms with Gasteiger partial charge in [0.2, 0.25) is 0 Å². The summed E-state index contributed by atoms with van der Waals surface area (Å²) in [6, 6.07) is 3.84. The zero-order valence-corrected chi connectivity index (χ0v) is 26.9. The molecule has 3 aliphatic heterocycles. The lowest BCUT2D eigenvalue weighted by Gasteiger charge is -2.38. The maximum absolute atomic E-state index is 14.1. The van der Waals surface area contributed by atoms with Crippen molar-refractivity contribution in [2.75, 3.05) is 39.3 Å². The smallest absolute Gasteiger partial charge is 0.338 e. The number of urea groups is 1. The lowest BCUT2D eigenvalue weighted by atomic mass is 9.81. The number of aliphatic carboxylic acids is 1. The molecule has 2 amide bonds. The van der Waals surface area contributed by atoms with Gasteiger partial charge < -0.3 is 25.0 Å². The molecule has 7 rings (SSSR count). The van der Waals surface area contributed by atoms with Crippen LogP contribution in [-0.2, 0) is 14.3 Å². The Hall–Kier alpha value is -3.84. The van der Waals surface area contributed by atoms with E-state index >= 15 is 0 Å². The monoisotopic (exact) mass is 650 g/mol. The summed E-state index contributed by atoms with van der Waals surface area (Å²) in [5, 5.41) is 15.5. The van der Waals surface area contributed by atoms with E-state index in [1.807, 2.05) is 17.2 Å². The van der Waals surface area contributed by atoms with Gasteiger partial charge in [-0.05, 0) is 74.6 Å². The first-order valence-corrected chi connectivity index (χ1v) is 16.9.